The number of ether oxygens (including phenoxy) is 3. The highest BCUT2D eigenvalue weighted by molar-refractivity contribution is 7.92. The summed E-state index contributed by atoms with van der Waals surface area (Å²) in [6.07, 6.45) is 1.45. The van der Waals surface area contributed by atoms with E-state index in [0.29, 0.717) is 12.4 Å². The Kier molecular flexibility index (Phi) is 8.69. The van der Waals surface area contributed by atoms with E-state index in [1.54, 1.807) is 54.6 Å². The van der Waals surface area contributed by atoms with Gasteiger partial charge in [0.05, 0.1) is 37.6 Å². The summed E-state index contributed by atoms with van der Waals surface area (Å²) in [7, 11) is -1.24. The summed E-state index contributed by atoms with van der Waals surface area (Å²) >= 11 is 0. The van der Waals surface area contributed by atoms with E-state index in [-0.39, 0.29) is 16.3 Å². The summed E-state index contributed by atoms with van der Waals surface area (Å²) in [6.45, 7) is 1.92. The van der Waals surface area contributed by atoms with Gasteiger partial charge in [-0.25, -0.2) is 13.8 Å². The van der Waals surface area contributed by atoms with Crippen LogP contribution in [-0.2, 0) is 14.8 Å². The molecule has 9 nitrogen and oxygen atoms in total. The van der Waals surface area contributed by atoms with Crippen molar-refractivity contribution in [3.63, 3.8) is 0 Å². The van der Waals surface area contributed by atoms with Crippen LogP contribution in [-0.4, -0.2) is 47.9 Å². The van der Waals surface area contributed by atoms with Crippen LogP contribution in [0.25, 0.3) is 0 Å². The van der Waals surface area contributed by atoms with Crippen molar-refractivity contribution in [1.82, 2.24) is 5.43 Å². The van der Waals surface area contributed by atoms with Crippen LogP contribution in [0.2, 0.25) is 0 Å². The quantitative estimate of drug-likeness (QED) is 0.321. The standard InChI is InChI=1S/C25H27N3O6S/c1-4-34-20-12-10-19(11-13-20)17-26-27-25(29)18-28(35(30,31)22-8-6-5-7-9-22)23-16-21(32-2)14-15-24(23)33-3/h5-17H,4,18H2,1-3H3,(H,27,29)/b26-17-. The Bertz CT molecular complexity index is 1260. The number of nitrogens with zero attached hydrogens (tertiary/aromatic N) is 2. The van der Waals surface area contributed by atoms with Gasteiger partial charge in [-0.15, -0.1) is 0 Å². The Morgan fingerprint density at radius 2 is 1.66 bits per heavy atom. The molecule has 0 aromatic heterocycles. The number of nitrogens with one attached hydrogen (secondary N) is 1. The summed E-state index contributed by atoms with van der Waals surface area (Å²) in [4.78, 5) is 12.8. The molecule has 184 valence electrons. The summed E-state index contributed by atoms with van der Waals surface area (Å²) < 4.78 is 44.0. The normalized spacial score (nSPS) is 11.2. The number of amides is 1. The van der Waals surface area contributed by atoms with Crippen molar-refractivity contribution in [3.05, 3.63) is 78.4 Å². The van der Waals surface area contributed by atoms with Gasteiger partial charge >= 0.3 is 0 Å². The van der Waals surface area contributed by atoms with Crippen molar-refractivity contribution in [1.29, 1.82) is 0 Å². The van der Waals surface area contributed by atoms with E-state index >= 15 is 0 Å². The summed E-state index contributed by atoms with van der Waals surface area (Å²) in [5.74, 6) is 0.748. The SMILES string of the molecule is CCOc1ccc(/C=N\NC(=O)CN(c2cc(OC)ccc2OC)S(=O)(=O)c2ccccc2)cc1. The zero-order valence-electron chi connectivity index (χ0n) is 19.7. The number of hydrogen-bond donors (Lipinski definition) is 1. The highest BCUT2D eigenvalue weighted by Gasteiger charge is 2.29. The second-order valence-corrected chi connectivity index (χ2v) is 9.02. The van der Waals surface area contributed by atoms with Crippen LogP contribution >= 0.6 is 0 Å². The Hall–Kier alpha value is -4.05. The monoisotopic (exact) mass is 497 g/mol. The van der Waals surface area contributed by atoms with Gasteiger partial charge in [0.1, 0.15) is 23.8 Å². The van der Waals surface area contributed by atoms with Gasteiger partial charge in [-0.2, -0.15) is 5.10 Å². The zero-order valence-corrected chi connectivity index (χ0v) is 20.5. The van der Waals surface area contributed by atoms with Crippen LogP contribution in [0, 0.1) is 0 Å². The van der Waals surface area contributed by atoms with E-state index in [9.17, 15) is 13.2 Å². The molecule has 1 amide bonds. The molecule has 3 rings (SSSR count). The summed E-state index contributed by atoms with van der Waals surface area (Å²) in [5, 5.41) is 3.95. The molecular formula is C25H27N3O6S. The van der Waals surface area contributed by atoms with Gasteiger partial charge < -0.3 is 14.2 Å². The highest BCUT2D eigenvalue weighted by Crippen LogP contribution is 2.35. The molecular weight excluding hydrogens is 470 g/mol. The van der Waals surface area contributed by atoms with E-state index in [4.69, 9.17) is 14.2 Å². The molecule has 0 radical (unpaired) electrons. The number of hydrazone groups is 1. The topological polar surface area (TPSA) is 107 Å². The van der Waals surface area contributed by atoms with Crippen LogP contribution in [0.1, 0.15) is 12.5 Å². The number of hydrogen-bond acceptors (Lipinski definition) is 7. The molecule has 0 bridgehead atoms. The average molecular weight is 498 g/mol. The predicted octanol–water partition coefficient (Wildman–Crippen LogP) is 3.45. The number of methoxy groups -OCH3 is 2. The molecule has 0 atom stereocenters. The lowest BCUT2D eigenvalue weighted by atomic mass is 10.2. The minimum Gasteiger partial charge on any atom is -0.497 e. The first-order valence-corrected chi connectivity index (χ1v) is 12.2. The minimum atomic E-state index is -4.12. The van der Waals surface area contributed by atoms with Gasteiger partial charge in [-0.3, -0.25) is 9.10 Å². The van der Waals surface area contributed by atoms with Crippen molar-refractivity contribution in [2.24, 2.45) is 5.10 Å². The Labute approximate surface area is 205 Å². The Balaban J connectivity index is 1.87. The molecule has 3 aromatic carbocycles. The number of carbonyl (C=O) groups excluding carboxylic acids is 1. The molecule has 0 aliphatic carbocycles. The minimum absolute atomic E-state index is 0.0237. The predicted molar refractivity (Wildman–Crippen MR) is 134 cm³/mol. The fraction of sp³-hybridized carbons (Fsp3) is 0.200. The van der Waals surface area contributed by atoms with Crippen LogP contribution in [0.15, 0.2) is 82.8 Å². The molecule has 0 unspecified atom stereocenters. The molecule has 3 aromatic rings. The molecule has 0 fully saturated rings. The van der Waals surface area contributed by atoms with Crippen LogP contribution in [0.4, 0.5) is 5.69 Å². The average Bonchev–Trinajstić information content (AvgIpc) is 2.88. The summed E-state index contributed by atoms with van der Waals surface area (Å²) in [6, 6.07) is 19.7. The van der Waals surface area contributed by atoms with Gasteiger partial charge in [0.2, 0.25) is 0 Å². The summed E-state index contributed by atoms with van der Waals surface area (Å²) in [5.41, 5.74) is 3.27. The number of carbonyl (C=O) groups is 1. The molecule has 0 saturated heterocycles. The van der Waals surface area contributed by atoms with Crippen LogP contribution in [0.5, 0.6) is 17.2 Å². The van der Waals surface area contributed by atoms with Crippen molar-refractivity contribution in [3.8, 4) is 17.2 Å². The Morgan fingerprint density at radius 3 is 2.29 bits per heavy atom. The third kappa shape index (κ3) is 6.51. The lowest BCUT2D eigenvalue weighted by molar-refractivity contribution is -0.119. The van der Waals surface area contributed by atoms with Gasteiger partial charge in [-0.1, -0.05) is 18.2 Å². The first-order valence-electron chi connectivity index (χ1n) is 10.7. The maximum absolute atomic E-state index is 13.5. The molecule has 35 heavy (non-hydrogen) atoms. The first kappa shape index (κ1) is 25.6. The maximum Gasteiger partial charge on any atom is 0.264 e. The van der Waals surface area contributed by atoms with Crippen LogP contribution in [0.3, 0.4) is 0 Å². The van der Waals surface area contributed by atoms with Crippen molar-refractivity contribution in [2.75, 3.05) is 31.7 Å². The molecule has 0 saturated carbocycles. The van der Waals surface area contributed by atoms with E-state index in [1.165, 1.54) is 38.6 Å². The molecule has 0 aliphatic heterocycles. The fourth-order valence-corrected chi connectivity index (χ4v) is 4.62. The third-order valence-electron chi connectivity index (χ3n) is 4.87. The number of anilines is 1. The zero-order chi connectivity index (χ0) is 25.3. The maximum atomic E-state index is 13.5. The molecule has 10 heteroatoms. The fourth-order valence-electron chi connectivity index (χ4n) is 3.17. The van der Waals surface area contributed by atoms with Gasteiger partial charge in [-0.05, 0) is 61.0 Å². The van der Waals surface area contributed by atoms with E-state index in [2.05, 4.69) is 10.5 Å². The van der Waals surface area contributed by atoms with Crippen molar-refractivity contribution in [2.45, 2.75) is 11.8 Å². The van der Waals surface area contributed by atoms with E-state index < -0.39 is 22.5 Å². The Morgan fingerprint density at radius 1 is 0.971 bits per heavy atom. The lowest BCUT2D eigenvalue weighted by Crippen LogP contribution is -2.39. The third-order valence-corrected chi connectivity index (χ3v) is 6.64. The number of rotatable bonds is 11. The second-order valence-electron chi connectivity index (χ2n) is 7.16. The van der Waals surface area contributed by atoms with Gasteiger partial charge in [0.25, 0.3) is 15.9 Å². The van der Waals surface area contributed by atoms with E-state index in [1.807, 2.05) is 6.92 Å². The lowest BCUT2D eigenvalue weighted by Gasteiger charge is -2.25. The second kappa shape index (κ2) is 11.9. The smallest absolute Gasteiger partial charge is 0.264 e. The molecule has 0 spiro atoms. The van der Waals surface area contributed by atoms with Gasteiger partial charge in [0, 0.05) is 6.07 Å². The van der Waals surface area contributed by atoms with Gasteiger partial charge in [0.15, 0.2) is 0 Å². The first-order chi connectivity index (χ1) is 16.9. The van der Waals surface area contributed by atoms with Crippen molar-refractivity contribution < 1.29 is 27.4 Å². The van der Waals surface area contributed by atoms with Crippen LogP contribution < -0.4 is 23.9 Å². The molecule has 0 aliphatic rings. The largest absolute Gasteiger partial charge is 0.497 e. The molecule has 1 N–H and O–H groups in total. The molecule has 0 heterocycles. The number of sulfonamides is 1. The highest BCUT2D eigenvalue weighted by atomic mass is 32.2. The number of benzene rings is 3. The van der Waals surface area contributed by atoms with Crippen molar-refractivity contribution >= 4 is 27.8 Å². The van der Waals surface area contributed by atoms with E-state index in [0.717, 1.165) is 15.6 Å².